The number of nitrogens with two attached hydrogens (primary N) is 2. The van der Waals surface area contributed by atoms with Crippen molar-refractivity contribution in [3.8, 4) is 0 Å². The molecule has 1 unspecified atom stereocenters. The smallest absolute Gasteiger partial charge is 0.241 e. The van der Waals surface area contributed by atoms with Crippen LogP contribution in [0.5, 0.6) is 0 Å². The van der Waals surface area contributed by atoms with Crippen molar-refractivity contribution in [3.63, 3.8) is 0 Å². The number of hydrogen-bond acceptors (Lipinski definition) is 5. The van der Waals surface area contributed by atoms with Crippen LogP contribution >= 0.6 is 0 Å². The van der Waals surface area contributed by atoms with Gasteiger partial charge in [0.1, 0.15) is 0 Å². The molecule has 0 bridgehead atoms. The molecule has 0 spiro atoms. The summed E-state index contributed by atoms with van der Waals surface area (Å²) >= 11 is 0. The summed E-state index contributed by atoms with van der Waals surface area (Å²) in [5.74, 6) is -0.382. The molecule has 1 aromatic carbocycles. The van der Waals surface area contributed by atoms with Crippen molar-refractivity contribution in [2.75, 3.05) is 19.0 Å². The molecule has 0 aliphatic heterocycles. The summed E-state index contributed by atoms with van der Waals surface area (Å²) < 4.78 is 27.3. The first-order valence-corrected chi connectivity index (χ1v) is 7.57. The summed E-state index contributed by atoms with van der Waals surface area (Å²) in [6, 6.07) is 5.02. The summed E-state index contributed by atoms with van der Waals surface area (Å²) in [7, 11) is -2.22. The molecule has 0 fully saturated rings. The minimum atomic E-state index is -3.80. The zero-order chi connectivity index (χ0) is 15.2. The zero-order valence-electron chi connectivity index (χ0n) is 11.2. The molecule has 1 atom stereocenters. The van der Waals surface area contributed by atoms with E-state index in [1.807, 2.05) is 0 Å². The number of carbonyl (C=O) groups excluding carboxylic acids is 1. The number of amides is 1. The van der Waals surface area contributed by atoms with Crippen molar-refractivity contribution in [1.82, 2.24) is 0 Å². The fraction of sp³-hybridized carbons (Fsp3) is 0.417. The van der Waals surface area contributed by atoms with Gasteiger partial charge in [0.25, 0.3) is 0 Å². The molecule has 0 aliphatic rings. The van der Waals surface area contributed by atoms with Crippen LogP contribution in [0.2, 0.25) is 0 Å². The summed E-state index contributed by atoms with van der Waals surface area (Å²) in [6.45, 7) is 0.530. The summed E-state index contributed by atoms with van der Waals surface area (Å²) in [6.07, 6.45) is 1.15. The van der Waals surface area contributed by atoms with Crippen LogP contribution in [0, 0.1) is 0 Å². The summed E-state index contributed by atoms with van der Waals surface area (Å²) in [4.78, 5) is 11.7. The molecule has 0 aliphatic carbocycles. The number of hydrogen-bond donors (Lipinski definition) is 3. The van der Waals surface area contributed by atoms with Crippen LogP contribution in [0.3, 0.4) is 0 Å². The maximum atomic E-state index is 11.8. The van der Waals surface area contributed by atoms with E-state index in [0.29, 0.717) is 25.1 Å². The van der Waals surface area contributed by atoms with Gasteiger partial charge in [-0.05, 0) is 31.0 Å². The highest BCUT2D eigenvalue weighted by atomic mass is 32.2. The molecular weight excluding hydrogens is 282 g/mol. The van der Waals surface area contributed by atoms with E-state index < -0.39 is 16.1 Å². The highest BCUT2D eigenvalue weighted by Crippen LogP contribution is 2.14. The molecule has 5 N–H and O–H groups in total. The maximum Gasteiger partial charge on any atom is 0.241 e. The van der Waals surface area contributed by atoms with E-state index in [0.717, 1.165) is 0 Å². The van der Waals surface area contributed by atoms with Crippen LogP contribution in [-0.2, 0) is 19.6 Å². The molecule has 0 saturated heterocycles. The van der Waals surface area contributed by atoms with E-state index in [1.165, 1.54) is 18.2 Å². The van der Waals surface area contributed by atoms with Crippen molar-refractivity contribution in [2.45, 2.75) is 23.8 Å². The van der Waals surface area contributed by atoms with Gasteiger partial charge in [-0.15, -0.1) is 0 Å². The third-order valence-corrected chi connectivity index (χ3v) is 3.54. The lowest BCUT2D eigenvalue weighted by Crippen LogP contribution is -2.35. The van der Waals surface area contributed by atoms with Crippen molar-refractivity contribution < 1.29 is 17.9 Å². The topological polar surface area (TPSA) is 125 Å². The maximum absolute atomic E-state index is 11.8. The molecule has 1 rings (SSSR count). The lowest BCUT2D eigenvalue weighted by atomic mass is 10.1. The molecule has 7 nitrogen and oxygen atoms in total. The first-order valence-electron chi connectivity index (χ1n) is 6.03. The number of benzene rings is 1. The number of primary sulfonamides is 1. The van der Waals surface area contributed by atoms with Gasteiger partial charge in [0.2, 0.25) is 15.9 Å². The molecule has 1 amide bonds. The van der Waals surface area contributed by atoms with Crippen LogP contribution in [0.25, 0.3) is 0 Å². The van der Waals surface area contributed by atoms with Crippen molar-refractivity contribution in [1.29, 1.82) is 0 Å². The van der Waals surface area contributed by atoms with Crippen molar-refractivity contribution in [2.24, 2.45) is 10.9 Å². The lowest BCUT2D eigenvalue weighted by molar-refractivity contribution is -0.117. The standard InChI is InChI=1S/C12H19N3O4S/c1-19-7-3-6-11(13)12(16)15-9-4-2-5-10(8-9)20(14,17)18/h2,4-5,8,11H,3,6-7,13H2,1H3,(H,15,16)(H2,14,17,18). The van der Waals surface area contributed by atoms with E-state index >= 15 is 0 Å². The van der Waals surface area contributed by atoms with E-state index in [1.54, 1.807) is 13.2 Å². The zero-order valence-corrected chi connectivity index (χ0v) is 12.0. The second-order valence-corrected chi connectivity index (χ2v) is 5.87. The van der Waals surface area contributed by atoms with E-state index in [4.69, 9.17) is 15.6 Å². The van der Waals surface area contributed by atoms with Gasteiger partial charge in [0, 0.05) is 19.4 Å². The van der Waals surface area contributed by atoms with Crippen LogP contribution < -0.4 is 16.2 Å². The van der Waals surface area contributed by atoms with Gasteiger partial charge in [-0.25, -0.2) is 13.6 Å². The highest BCUT2D eigenvalue weighted by molar-refractivity contribution is 7.89. The number of carbonyl (C=O) groups is 1. The molecule has 112 valence electrons. The van der Waals surface area contributed by atoms with E-state index in [2.05, 4.69) is 5.32 Å². The Morgan fingerprint density at radius 3 is 2.75 bits per heavy atom. The third kappa shape index (κ3) is 5.25. The fourth-order valence-electron chi connectivity index (χ4n) is 1.56. The predicted octanol–water partition coefficient (Wildman–Crippen LogP) is 0.0264. The van der Waals surface area contributed by atoms with Gasteiger partial charge in [-0.1, -0.05) is 6.07 Å². The summed E-state index contributed by atoms with van der Waals surface area (Å²) in [5, 5.41) is 7.57. The monoisotopic (exact) mass is 301 g/mol. The number of ether oxygens (including phenoxy) is 1. The number of methoxy groups -OCH3 is 1. The second-order valence-electron chi connectivity index (χ2n) is 4.30. The van der Waals surface area contributed by atoms with Gasteiger partial charge in [-0.2, -0.15) is 0 Å². The molecule has 0 heterocycles. The third-order valence-electron chi connectivity index (χ3n) is 2.63. The van der Waals surface area contributed by atoms with Crippen LogP contribution in [-0.4, -0.2) is 34.1 Å². The SMILES string of the molecule is COCCCC(N)C(=O)Nc1cccc(S(N)(=O)=O)c1. The minimum absolute atomic E-state index is 0.0664. The number of rotatable bonds is 7. The van der Waals surface area contributed by atoms with Gasteiger partial charge in [0.15, 0.2) is 0 Å². The van der Waals surface area contributed by atoms with Crippen LogP contribution in [0.1, 0.15) is 12.8 Å². The van der Waals surface area contributed by atoms with Crippen LogP contribution in [0.15, 0.2) is 29.2 Å². The fourth-order valence-corrected chi connectivity index (χ4v) is 2.12. The van der Waals surface area contributed by atoms with Crippen molar-refractivity contribution in [3.05, 3.63) is 24.3 Å². The quantitative estimate of drug-likeness (QED) is 0.613. The Balaban J connectivity index is 2.66. The Morgan fingerprint density at radius 2 is 2.15 bits per heavy atom. The first kappa shape index (κ1) is 16.6. The molecule has 0 saturated carbocycles. The first-order chi connectivity index (χ1) is 9.34. The van der Waals surface area contributed by atoms with Gasteiger partial charge < -0.3 is 15.8 Å². The van der Waals surface area contributed by atoms with Gasteiger partial charge in [-0.3, -0.25) is 4.79 Å². The Labute approximate surface area is 118 Å². The molecule has 8 heteroatoms. The number of anilines is 1. The highest BCUT2D eigenvalue weighted by Gasteiger charge is 2.14. The molecular formula is C12H19N3O4S. The number of nitrogens with one attached hydrogen (secondary N) is 1. The average molecular weight is 301 g/mol. The lowest BCUT2D eigenvalue weighted by Gasteiger charge is -2.12. The Kier molecular flexibility index (Phi) is 6.08. The second kappa shape index (κ2) is 7.34. The largest absolute Gasteiger partial charge is 0.385 e. The van der Waals surface area contributed by atoms with Crippen LogP contribution in [0.4, 0.5) is 5.69 Å². The summed E-state index contributed by atoms with van der Waals surface area (Å²) in [5.41, 5.74) is 6.06. The molecule has 1 aromatic rings. The average Bonchev–Trinajstić information content (AvgIpc) is 2.38. The molecule has 0 radical (unpaired) electrons. The molecule has 0 aromatic heterocycles. The molecule has 20 heavy (non-hydrogen) atoms. The minimum Gasteiger partial charge on any atom is -0.385 e. The van der Waals surface area contributed by atoms with Gasteiger partial charge in [0.05, 0.1) is 10.9 Å². The van der Waals surface area contributed by atoms with E-state index in [-0.39, 0.29) is 10.8 Å². The Hall–Kier alpha value is -1.48. The van der Waals surface area contributed by atoms with E-state index in [9.17, 15) is 13.2 Å². The normalized spacial score (nSPS) is 12.9. The Bertz CT molecular complexity index is 560. The predicted molar refractivity (Wildman–Crippen MR) is 75.5 cm³/mol. The Morgan fingerprint density at radius 1 is 1.45 bits per heavy atom. The van der Waals surface area contributed by atoms with Gasteiger partial charge >= 0.3 is 0 Å². The van der Waals surface area contributed by atoms with Crippen molar-refractivity contribution >= 4 is 21.6 Å². The number of sulfonamides is 1.